The maximum absolute atomic E-state index is 12.9. The van der Waals surface area contributed by atoms with E-state index in [1.165, 1.54) is 0 Å². The highest BCUT2D eigenvalue weighted by atomic mass is 16.3. The second-order valence-electron chi connectivity index (χ2n) is 9.85. The molecule has 0 radical (unpaired) electrons. The van der Waals surface area contributed by atoms with Crippen LogP contribution in [-0.4, -0.2) is 22.4 Å². The molecule has 0 fully saturated rings. The molecule has 0 amide bonds. The Bertz CT molecular complexity index is 852. The molecule has 0 atom stereocenters. The summed E-state index contributed by atoms with van der Waals surface area (Å²) < 4.78 is 0. The predicted octanol–water partition coefficient (Wildman–Crippen LogP) is 5.23. The summed E-state index contributed by atoms with van der Waals surface area (Å²) in [5.74, 6) is 0.323. The number of pyridine rings is 1. The molecule has 0 saturated carbocycles. The number of nitrogens with zero attached hydrogens (tertiary/aromatic N) is 1. The van der Waals surface area contributed by atoms with E-state index in [0.29, 0.717) is 17.9 Å². The maximum atomic E-state index is 12.9. The number of aromatic nitrogens is 1. The van der Waals surface area contributed by atoms with Crippen molar-refractivity contribution >= 4 is 5.78 Å². The van der Waals surface area contributed by atoms with E-state index >= 15 is 0 Å². The van der Waals surface area contributed by atoms with E-state index in [1.54, 1.807) is 0 Å². The fraction of sp³-hybridized carbons (Fsp3) is 0.520. The fourth-order valence-corrected chi connectivity index (χ4v) is 3.38. The Morgan fingerprint density at radius 2 is 1.59 bits per heavy atom. The van der Waals surface area contributed by atoms with Crippen LogP contribution in [0.3, 0.4) is 0 Å². The van der Waals surface area contributed by atoms with Crippen molar-refractivity contribution < 1.29 is 9.90 Å². The maximum Gasteiger partial charge on any atom is 0.176 e. The Balaban J connectivity index is 2.22. The molecule has 0 bridgehead atoms. The van der Waals surface area contributed by atoms with Gasteiger partial charge in [-0.2, -0.15) is 0 Å². The highest BCUT2D eigenvalue weighted by Gasteiger charge is 2.27. The number of ketones is 1. The lowest BCUT2D eigenvalue weighted by molar-refractivity contribution is 0.0990. The van der Waals surface area contributed by atoms with Gasteiger partial charge in [0, 0.05) is 34.6 Å². The van der Waals surface area contributed by atoms with Crippen LogP contribution in [0.15, 0.2) is 24.3 Å². The number of rotatable bonds is 6. The summed E-state index contributed by atoms with van der Waals surface area (Å²) in [4.78, 5) is 17.5. The van der Waals surface area contributed by atoms with E-state index in [9.17, 15) is 9.90 Å². The first-order chi connectivity index (χ1) is 13.3. The number of phenols is 1. The second kappa shape index (κ2) is 8.66. The smallest absolute Gasteiger partial charge is 0.176 e. The van der Waals surface area contributed by atoms with E-state index < -0.39 is 0 Å². The molecule has 2 aromatic rings. The Hall–Kier alpha value is -2.20. The first-order valence-electron chi connectivity index (χ1n) is 10.4. The summed E-state index contributed by atoms with van der Waals surface area (Å²) >= 11 is 0. The third-order valence-corrected chi connectivity index (χ3v) is 5.26. The number of carbonyl (C=O) groups is 1. The van der Waals surface area contributed by atoms with E-state index in [-0.39, 0.29) is 23.2 Å². The van der Waals surface area contributed by atoms with Gasteiger partial charge in [-0.1, -0.05) is 54.5 Å². The Morgan fingerprint density at radius 1 is 1.03 bits per heavy atom. The fourth-order valence-electron chi connectivity index (χ4n) is 3.38. The van der Waals surface area contributed by atoms with Gasteiger partial charge in [0.1, 0.15) is 5.75 Å². The molecular weight excluding hydrogens is 360 g/mol. The third-order valence-electron chi connectivity index (χ3n) is 5.26. The van der Waals surface area contributed by atoms with Gasteiger partial charge in [-0.25, -0.2) is 0 Å². The van der Waals surface area contributed by atoms with E-state index in [1.807, 2.05) is 25.1 Å². The number of benzene rings is 1. The minimum atomic E-state index is -0.252. The zero-order valence-corrected chi connectivity index (χ0v) is 19.2. The highest BCUT2D eigenvalue weighted by Crippen LogP contribution is 2.39. The number of Topliss-reactive ketones (excluding diaryl/α,β-unsaturated/α-hetero) is 1. The van der Waals surface area contributed by atoms with E-state index in [4.69, 9.17) is 0 Å². The molecule has 1 aromatic carbocycles. The van der Waals surface area contributed by atoms with Gasteiger partial charge in [-0.3, -0.25) is 9.78 Å². The van der Waals surface area contributed by atoms with Crippen LogP contribution in [0.2, 0.25) is 0 Å². The summed E-state index contributed by atoms with van der Waals surface area (Å²) in [5.41, 5.74) is 4.93. The van der Waals surface area contributed by atoms with Crippen molar-refractivity contribution in [2.75, 3.05) is 6.54 Å². The summed E-state index contributed by atoms with van der Waals surface area (Å²) in [7, 11) is 0. The molecule has 4 nitrogen and oxygen atoms in total. The lowest BCUT2D eigenvalue weighted by Gasteiger charge is -2.28. The van der Waals surface area contributed by atoms with E-state index in [0.717, 1.165) is 34.5 Å². The van der Waals surface area contributed by atoms with Crippen molar-refractivity contribution in [2.45, 2.75) is 79.2 Å². The number of aryl methyl sites for hydroxylation is 2. The Morgan fingerprint density at radius 3 is 2.03 bits per heavy atom. The van der Waals surface area contributed by atoms with Crippen molar-refractivity contribution in [3.63, 3.8) is 0 Å². The summed E-state index contributed by atoms with van der Waals surface area (Å²) in [5, 5.41) is 14.1. The van der Waals surface area contributed by atoms with Crippen LogP contribution in [0, 0.1) is 6.92 Å². The average molecular weight is 397 g/mol. The normalized spacial score (nSPS) is 12.3. The van der Waals surface area contributed by atoms with Crippen molar-refractivity contribution in [3.8, 4) is 5.75 Å². The van der Waals surface area contributed by atoms with Gasteiger partial charge in [0.05, 0.1) is 6.54 Å². The van der Waals surface area contributed by atoms with Crippen LogP contribution in [0.25, 0.3) is 0 Å². The second-order valence-corrected chi connectivity index (χ2v) is 9.85. The van der Waals surface area contributed by atoms with Crippen LogP contribution < -0.4 is 5.32 Å². The van der Waals surface area contributed by atoms with Crippen molar-refractivity contribution in [1.82, 2.24) is 10.3 Å². The zero-order chi connectivity index (χ0) is 22.0. The van der Waals surface area contributed by atoms with Gasteiger partial charge in [-0.05, 0) is 47.9 Å². The number of phenolic OH excluding ortho intramolecular Hbond substituents is 1. The predicted molar refractivity (Wildman–Crippen MR) is 120 cm³/mol. The average Bonchev–Trinajstić information content (AvgIpc) is 2.61. The molecule has 0 spiro atoms. The number of nitrogens with one attached hydrogen (secondary N) is 1. The molecule has 158 valence electrons. The largest absolute Gasteiger partial charge is 0.507 e. The minimum Gasteiger partial charge on any atom is -0.507 e. The molecule has 2 N–H and O–H groups in total. The van der Waals surface area contributed by atoms with Gasteiger partial charge in [-0.15, -0.1) is 0 Å². The Labute approximate surface area is 175 Å². The number of carbonyl (C=O) groups excluding carboxylic acids is 1. The highest BCUT2D eigenvalue weighted by molar-refractivity contribution is 5.98. The molecule has 0 saturated heterocycles. The van der Waals surface area contributed by atoms with Gasteiger partial charge in [0.25, 0.3) is 0 Å². The lowest BCUT2D eigenvalue weighted by atomic mass is 9.78. The molecule has 0 aliphatic rings. The third kappa shape index (κ3) is 5.66. The van der Waals surface area contributed by atoms with Crippen LogP contribution in [-0.2, 0) is 23.8 Å². The molecule has 29 heavy (non-hydrogen) atoms. The van der Waals surface area contributed by atoms with Gasteiger partial charge >= 0.3 is 0 Å². The molecule has 4 heteroatoms. The van der Waals surface area contributed by atoms with E-state index in [2.05, 4.69) is 64.8 Å². The first-order valence-corrected chi connectivity index (χ1v) is 10.4. The summed E-state index contributed by atoms with van der Waals surface area (Å²) in [6.45, 7) is 17.3. The zero-order valence-electron chi connectivity index (χ0n) is 19.2. The first kappa shape index (κ1) is 23.1. The quantitative estimate of drug-likeness (QED) is 0.657. The molecule has 1 heterocycles. The van der Waals surface area contributed by atoms with Crippen LogP contribution in [0.5, 0.6) is 5.75 Å². The van der Waals surface area contributed by atoms with Gasteiger partial charge in [0.15, 0.2) is 5.78 Å². The Kier molecular flexibility index (Phi) is 6.89. The molecular formula is C25H36N2O2. The monoisotopic (exact) mass is 396 g/mol. The summed E-state index contributed by atoms with van der Waals surface area (Å²) in [6, 6.07) is 7.81. The van der Waals surface area contributed by atoms with Crippen molar-refractivity contribution in [1.29, 1.82) is 0 Å². The van der Waals surface area contributed by atoms with Crippen molar-refractivity contribution in [3.05, 3.63) is 57.9 Å². The van der Waals surface area contributed by atoms with Gasteiger partial charge < -0.3 is 10.4 Å². The molecule has 0 aliphatic heterocycles. The number of aromatic hydroxyl groups is 1. The number of hydrogen-bond donors (Lipinski definition) is 2. The summed E-state index contributed by atoms with van der Waals surface area (Å²) in [6.07, 6.45) is 0.917. The minimum absolute atomic E-state index is 0.0248. The lowest BCUT2D eigenvalue weighted by Crippen LogP contribution is -2.25. The SMILES string of the molecule is CCc1ccc(CNCC(=O)c2cc(C(C)(C)C)c(O)c(C(C)(C)C)c2)c(C)n1. The van der Waals surface area contributed by atoms with Crippen LogP contribution >= 0.6 is 0 Å². The van der Waals surface area contributed by atoms with Crippen molar-refractivity contribution in [2.24, 2.45) is 0 Å². The molecule has 0 aliphatic carbocycles. The topological polar surface area (TPSA) is 62.2 Å². The standard InChI is InChI=1S/C25H36N2O2/c1-9-19-11-10-17(16(2)27-19)14-26-15-22(28)18-12-20(24(3,4)5)23(29)21(13-18)25(6,7)8/h10-13,26,29H,9,14-15H2,1-8H3. The number of hydrogen-bond acceptors (Lipinski definition) is 4. The van der Waals surface area contributed by atoms with Crippen LogP contribution in [0.1, 0.15) is 86.9 Å². The molecule has 2 rings (SSSR count). The van der Waals surface area contributed by atoms with Crippen LogP contribution in [0.4, 0.5) is 0 Å². The van der Waals surface area contributed by atoms with Gasteiger partial charge in [0.2, 0.25) is 0 Å². The molecule has 1 aromatic heterocycles. The molecule has 0 unspecified atom stereocenters.